The van der Waals surface area contributed by atoms with Gasteiger partial charge in [-0.25, -0.2) is 0 Å². The van der Waals surface area contributed by atoms with Crippen molar-refractivity contribution in [1.82, 2.24) is 24.1 Å². The minimum absolute atomic E-state index is 0.0605. The van der Waals surface area contributed by atoms with Crippen LogP contribution in [0.15, 0.2) is 236 Å². The van der Waals surface area contributed by atoms with Crippen LogP contribution in [-0.2, 0) is 0 Å². The third kappa shape index (κ3) is 5.95. The minimum atomic E-state index is -3.71. The molecule has 0 fully saturated rings. The molecular weight excluding hydrogens is 783 g/mol. The highest BCUT2D eigenvalue weighted by Crippen LogP contribution is 2.34. The lowest BCUT2D eigenvalue weighted by Gasteiger charge is -2.35. The van der Waals surface area contributed by atoms with Crippen LogP contribution in [0, 0.1) is 0 Å². The van der Waals surface area contributed by atoms with E-state index in [-0.39, 0.29) is 35.6 Å². The molecule has 0 aliphatic carbocycles. The Bertz CT molecular complexity index is 3600. The third-order valence-corrected chi connectivity index (χ3v) is 16.8. The van der Waals surface area contributed by atoms with Crippen molar-refractivity contribution < 1.29 is 5.48 Å². The van der Waals surface area contributed by atoms with Gasteiger partial charge in [0, 0.05) is 27.1 Å². The molecule has 0 bridgehead atoms. The molecule has 5 nitrogen and oxygen atoms in total. The first-order chi connectivity index (χ1) is 32.9. The summed E-state index contributed by atoms with van der Waals surface area (Å²) in [7, 11) is -3.71. The molecule has 0 radical (unpaired) electrons. The predicted octanol–water partition coefficient (Wildman–Crippen LogP) is 10.8. The molecule has 296 valence electrons. The fourth-order valence-corrected chi connectivity index (χ4v) is 14.0. The minimum Gasteiger partial charge on any atom is -0.278 e. The summed E-state index contributed by atoms with van der Waals surface area (Å²) in [6.45, 7) is 0. The summed E-state index contributed by atoms with van der Waals surface area (Å²) in [5.74, 6) is 0.660. The Labute approximate surface area is 371 Å². The molecule has 3 heterocycles. The third-order valence-electron chi connectivity index (χ3n) is 12.2. The Hall–Kier alpha value is -8.19. The Balaban J connectivity index is 1.22. The van der Waals surface area contributed by atoms with E-state index in [0.29, 0.717) is 17.1 Å². The maximum atomic E-state index is 10.6. The van der Waals surface area contributed by atoms with Crippen molar-refractivity contribution in [2.45, 2.75) is 0 Å². The van der Waals surface area contributed by atoms with E-state index in [1.807, 2.05) is 143 Å². The Morgan fingerprint density at radius 1 is 0.349 bits per heavy atom. The smallest absolute Gasteiger partial charge is 0.240 e. The normalized spacial score (nSPS) is 12.7. The number of aromatic nitrogens is 5. The Kier molecular flexibility index (Phi) is 7.79. The highest BCUT2D eigenvalue weighted by atomic mass is 28.3. The van der Waals surface area contributed by atoms with E-state index < -0.39 is 8.07 Å². The molecule has 3 aromatic heterocycles. The van der Waals surface area contributed by atoms with Gasteiger partial charge in [-0.3, -0.25) is 9.13 Å². The lowest BCUT2D eigenvalue weighted by atomic mass is 10.1. The molecule has 0 unspecified atom stereocenters. The van der Waals surface area contributed by atoms with Gasteiger partial charge in [-0.05, 0) is 56.1 Å². The number of para-hydroxylation sites is 4. The largest absolute Gasteiger partial charge is 0.278 e. The van der Waals surface area contributed by atoms with Gasteiger partial charge in [0.15, 0.2) is 13.9 Å². The Morgan fingerprint density at radius 3 is 1.25 bits per heavy atom. The molecule has 0 aliphatic heterocycles. The zero-order valence-electron chi connectivity index (χ0n) is 37.9. The van der Waals surface area contributed by atoms with E-state index >= 15 is 0 Å². The van der Waals surface area contributed by atoms with Gasteiger partial charge in [0.05, 0.1) is 27.5 Å². The van der Waals surface area contributed by atoms with Gasteiger partial charge in [0.1, 0.15) is 0 Å². The van der Waals surface area contributed by atoms with Crippen LogP contribution in [-0.4, -0.2) is 32.2 Å². The second kappa shape index (κ2) is 15.1. The highest BCUT2D eigenvalue weighted by Gasteiger charge is 2.42. The maximum absolute atomic E-state index is 10.6. The number of hydrogen-bond acceptors (Lipinski definition) is 3. The second-order valence-corrected chi connectivity index (χ2v) is 19.4. The molecule has 0 spiro atoms. The number of rotatable bonds is 8. The molecule has 0 aliphatic rings. The van der Waals surface area contributed by atoms with Crippen LogP contribution in [0.3, 0.4) is 0 Å². The van der Waals surface area contributed by atoms with Crippen LogP contribution in [0.1, 0.15) is 5.48 Å². The van der Waals surface area contributed by atoms with Crippen LogP contribution in [0.25, 0.3) is 78.0 Å². The molecular formula is C57H39N5Si. The summed E-state index contributed by atoms with van der Waals surface area (Å²) in [6.07, 6.45) is 0. The number of benzene rings is 9. The molecule has 6 heteroatoms. The van der Waals surface area contributed by atoms with Crippen molar-refractivity contribution in [2.75, 3.05) is 0 Å². The van der Waals surface area contributed by atoms with Crippen LogP contribution in [0.5, 0.6) is 0 Å². The Morgan fingerprint density at radius 2 is 0.762 bits per heavy atom. The number of fused-ring (bicyclic) bond motifs is 6. The van der Waals surface area contributed by atoms with Crippen molar-refractivity contribution in [3.05, 3.63) is 236 Å². The summed E-state index contributed by atoms with van der Waals surface area (Å²) >= 11 is 0. The van der Waals surface area contributed by atoms with E-state index in [4.69, 9.17) is 15.0 Å². The lowest BCUT2D eigenvalue weighted by molar-refractivity contribution is 0.893. The molecule has 0 saturated heterocycles. The summed E-state index contributed by atoms with van der Waals surface area (Å²) < 4.78 is 44.1. The first-order valence-corrected chi connectivity index (χ1v) is 23.0. The van der Waals surface area contributed by atoms with Crippen molar-refractivity contribution >= 4 is 72.4 Å². The van der Waals surface area contributed by atoms with E-state index in [1.165, 1.54) is 0 Å². The maximum Gasteiger partial charge on any atom is 0.240 e. The average Bonchev–Trinajstić information content (AvgIpc) is 3.91. The van der Waals surface area contributed by atoms with Crippen LogP contribution in [0.2, 0.25) is 0 Å². The van der Waals surface area contributed by atoms with Gasteiger partial charge in [-0.1, -0.05) is 212 Å². The zero-order chi connectivity index (χ0) is 45.2. The fourth-order valence-electron chi connectivity index (χ4n) is 9.46. The predicted molar refractivity (Wildman–Crippen MR) is 263 cm³/mol. The van der Waals surface area contributed by atoms with Gasteiger partial charge in [0.2, 0.25) is 11.9 Å². The van der Waals surface area contributed by atoms with Gasteiger partial charge in [0.25, 0.3) is 0 Å². The first kappa shape index (κ1) is 32.6. The fraction of sp³-hybridized carbons (Fsp3) is 0. The van der Waals surface area contributed by atoms with Crippen LogP contribution >= 0.6 is 0 Å². The molecule has 9 aromatic carbocycles. The standard InChI is InChI=1S/C57H39N5Si/c1-4-20-40(21-5-1)41-22-18-28-45(38-41)63(43-24-6-2-7-25-43,44-26-8-3-9-27-44)46-29-19-23-42(39-46)55-58-56(61-51-34-14-10-30-47(51)48-31-11-15-35-52(48)61)60-57(59-55)62-53-36-16-12-32-49(53)50-33-13-17-37-54(50)62/h1-39H/i19D,23D,29D,39D. The zero-order valence-corrected chi connectivity index (χ0v) is 34.9. The van der Waals surface area contributed by atoms with Crippen LogP contribution in [0.4, 0.5) is 0 Å². The van der Waals surface area contributed by atoms with Crippen molar-refractivity contribution in [3.63, 3.8) is 0 Å². The lowest BCUT2D eigenvalue weighted by Crippen LogP contribution is -2.74. The van der Waals surface area contributed by atoms with Crippen molar-refractivity contribution in [2.24, 2.45) is 0 Å². The summed E-state index contributed by atoms with van der Waals surface area (Å²) in [5, 5.41) is 7.27. The molecule has 0 atom stereocenters. The molecule has 12 aromatic rings. The summed E-state index contributed by atoms with van der Waals surface area (Å²) in [5.41, 5.74) is 5.62. The van der Waals surface area contributed by atoms with Gasteiger partial charge in [-0.2, -0.15) is 15.0 Å². The van der Waals surface area contributed by atoms with Crippen LogP contribution < -0.4 is 20.7 Å². The topological polar surface area (TPSA) is 48.5 Å². The highest BCUT2D eigenvalue weighted by molar-refractivity contribution is 7.20. The van der Waals surface area contributed by atoms with Gasteiger partial charge >= 0.3 is 0 Å². The van der Waals surface area contributed by atoms with Crippen molar-refractivity contribution in [3.8, 4) is 34.4 Å². The van der Waals surface area contributed by atoms with E-state index in [9.17, 15) is 5.48 Å². The summed E-state index contributed by atoms with van der Waals surface area (Å²) in [6, 6.07) is 70.6. The van der Waals surface area contributed by atoms with Gasteiger partial charge in [-0.15, -0.1) is 0 Å². The molecule has 0 amide bonds. The quantitative estimate of drug-likeness (QED) is 0.113. The average molecular weight is 826 g/mol. The van der Waals surface area contributed by atoms with E-state index in [0.717, 1.165) is 70.3 Å². The molecule has 0 N–H and O–H groups in total. The monoisotopic (exact) mass is 825 g/mol. The van der Waals surface area contributed by atoms with Gasteiger partial charge < -0.3 is 0 Å². The number of nitrogens with zero attached hydrogens (tertiary/aromatic N) is 5. The molecule has 0 saturated carbocycles. The van der Waals surface area contributed by atoms with Crippen molar-refractivity contribution in [1.29, 1.82) is 0 Å². The second-order valence-electron chi connectivity index (χ2n) is 15.7. The molecule has 12 rings (SSSR count). The SMILES string of the molecule is [2H]c1c([2H])c(-c2nc(-n3c4ccccc4c4ccccc43)nc(-n3c4ccccc4c4ccccc43)n2)c([2H])c([Si](c2ccccc2)(c2ccccc2)c2cccc(-c3ccccc3)c2)c1[2H]. The molecule has 63 heavy (non-hydrogen) atoms. The van der Waals surface area contributed by atoms with E-state index in [2.05, 4.69) is 78.9 Å². The number of hydrogen-bond donors (Lipinski definition) is 0. The summed E-state index contributed by atoms with van der Waals surface area (Å²) in [4.78, 5) is 15.8. The van der Waals surface area contributed by atoms with E-state index in [1.54, 1.807) is 0 Å². The first-order valence-electron chi connectivity index (χ1n) is 23.0.